The molecule has 5 nitrogen and oxygen atoms in total. The van der Waals surface area contributed by atoms with Crippen molar-refractivity contribution in [3.8, 4) is 5.75 Å². The van der Waals surface area contributed by atoms with Gasteiger partial charge in [-0.05, 0) is 59.1 Å². The number of ether oxygens (including phenoxy) is 1. The number of benzene rings is 1. The summed E-state index contributed by atoms with van der Waals surface area (Å²) < 4.78 is 57.2. The summed E-state index contributed by atoms with van der Waals surface area (Å²) in [6.07, 6.45) is -4.65. The van der Waals surface area contributed by atoms with Crippen LogP contribution in [0.25, 0.3) is 0 Å². The Hall–Kier alpha value is -1.74. The van der Waals surface area contributed by atoms with E-state index in [2.05, 4.69) is 5.32 Å². The average Bonchev–Trinajstić information content (AvgIpc) is 2.71. The van der Waals surface area contributed by atoms with Crippen molar-refractivity contribution < 1.29 is 32.0 Å². The van der Waals surface area contributed by atoms with Crippen LogP contribution < -0.4 is 15.5 Å². The number of amides is 1. The van der Waals surface area contributed by atoms with Crippen molar-refractivity contribution in [3.63, 3.8) is 0 Å². The highest BCUT2D eigenvalue weighted by Crippen LogP contribution is 2.39. The SMILES string of the molecule is CC(C)NC(=O)COc1ccc(B2OC(C)(C)C(C)(C)O2)cc1C(F)(F)F. The van der Waals surface area contributed by atoms with E-state index in [1.807, 2.05) is 27.7 Å². The van der Waals surface area contributed by atoms with Gasteiger partial charge < -0.3 is 19.4 Å². The van der Waals surface area contributed by atoms with Gasteiger partial charge in [0.1, 0.15) is 5.75 Å². The van der Waals surface area contributed by atoms with Crippen LogP contribution in [-0.2, 0) is 20.3 Å². The Morgan fingerprint density at radius 2 is 1.74 bits per heavy atom. The minimum Gasteiger partial charge on any atom is -0.483 e. The van der Waals surface area contributed by atoms with Gasteiger partial charge in [-0.15, -0.1) is 0 Å². The molecule has 1 fully saturated rings. The van der Waals surface area contributed by atoms with E-state index in [0.29, 0.717) is 0 Å². The van der Waals surface area contributed by atoms with Crippen LogP contribution in [0.1, 0.15) is 47.1 Å². The Balaban J connectivity index is 2.25. The summed E-state index contributed by atoms with van der Waals surface area (Å²) in [4.78, 5) is 11.6. The maximum Gasteiger partial charge on any atom is 0.494 e. The Morgan fingerprint density at radius 3 is 2.22 bits per heavy atom. The van der Waals surface area contributed by atoms with Gasteiger partial charge in [0.25, 0.3) is 5.91 Å². The zero-order valence-corrected chi connectivity index (χ0v) is 16.4. The third kappa shape index (κ3) is 4.96. The largest absolute Gasteiger partial charge is 0.494 e. The first-order valence-corrected chi connectivity index (χ1v) is 8.72. The van der Waals surface area contributed by atoms with Crippen LogP contribution >= 0.6 is 0 Å². The van der Waals surface area contributed by atoms with Crippen molar-refractivity contribution in [1.29, 1.82) is 0 Å². The molecule has 9 heteroatoms. The Bertz CT molecular complexity index is 688. The zero-order chi connectivity index (χ0) is 20.6. The van der Waals surface area contributed by atoms with Gasteiger partial charge in [-0.3, -0.25) is 4.79 Å². The Kier molecular flexibility index (Phi) is 5.87. The molecular weight excluding hydrogens is 362 g/mol. The van der Waals surface area contributed by atoms with Crippen LogP contribution in [0.4, 0.5) is 13.2 Å². The van der Waals surface area contributed by atoms with Crippen molar-refractivity contribution >= 4 is 18.5 Å². The van der Waals surface area contributed by atoms with Gasteiger partial charge in [0.05, 0.1) is 16.8 Å². The van der Waals surface area contributed by atoms with Gasteiger partial charge in [-0.2, -0.15) is 13.2 Å². The molecule has 0 unspecified atom stereocenters. The molecule has 150 valence electrons. The van der Waals surface area contributed by atoms with Crippen LogP contribution in [0.15, 0.2) is 18.2 Å². The summed E-state index contributed by atoms with van der Waals surface area (Å²) in [5, 5.41) is 2.56. The van der Waals surface area contributed by atoms with Crippen LogP contribution in [0, 0.1) is 0 Å². The van der Waals surface area contributed by atoms with E-state index in [-0.39, 0.29) is 11.5 Å². The number of nitrogens with one attached hydrogen (secondary N) is 1. The van der Waals surface area contributed by atoms with Crippen molar-refractivity contribution in [3.05, 3.63) is 23.8 Å². The lowest BCUT2D eigenvalue weighted by Gasteiger charge is -2.32. The fourth-order valence-electron chi connectivity index (χ4n) is 2.53. The first-order chi connectivity index (χ1) is 12.2. The van der Waals surface area contributed by atoms with Gasteiger partial charge in [0.15, 0.2) is 6.61 Å². The topological polar surface area (TPSA) is 56.8 Å². The van der Waals surface area contributed by atoms with Gasteiger partial charge in [-0.1, -0.05) is 6.07 Å². The normalized spacial score (nSPS) is 18.7. The summed E-state index contributed by atoms with van der Waals surface area (Å²) in [6.45, 7) is 10.3. The molecule has 1 saturated heterocycles. The molecule has 0 saturated carbocycles. The van der Waals surface area contributed by atoms with E-state index in [1.165, 1.54) is 12.1 Å². The molecule has 0 spiro atoms. The molecule has 0 radical (unpaired) electrons. The second kappa shape index (κ2) is 7.35. The molecule has 1 N–H and O–H groups in total. The molecule has 1 aliphatic rings. The molecule has 1 aliphatic heterocycles. The highest BCUT2D eigenvalue weighted by molar-refractivity contribution is 6.62. The minimum atomic E-state index is -4.65. The molecule has 0 aliphatic carbocycles. The number of hydrogen-bond acceptors (Lipinski definition) is 4. The first kappa shape index (κ1) is 21.6. The van der Waals surface area contributed by atoms with E-state index in [9.17, 15) is 18.0 Å². The summed E-state index contributed by atoms with van der Waals surface area (Å²) in [7, 11) is -0.922. The number of carbonyl (C=O) groups is 1. The lowest BCUT2D eigenvalue weighted by Crippen LogP contribution is -2.41. The predicted molar refractivity (Wildman–Crippen MR) is 95.9 cm³/mol. The fourth-order valence-corrected chi connectivity index (χ4v) is 2.53. The van der Waals surface area contributed by atoms with Crippen LogP contribution in [0.2, 0.25) is 0 Å². The third-order valence-corrected chi connectivity index (χ3v) is 4.64. The standard InChI is InChI=1S/C18H25BF3NO4/c1-11(2)23-15(24)10-25-14-8-7-12(9-13(14)18(20,21)22)19-26-16(3,4)17(5,6)27-19/h7-9,11H,10H2,1-6H3,(H,23,24). The third-order valence-electron chi connectivity index (χ3n) is 4.64. The van der Waals surface area contributed by atoms with E-state index in [1.54, 1.807) is 13.8 Å². The maximum absolute atomic E-state index is 13.5. The van der Waals surface area contributed by atoms with Crippen molar-refractivity contribution in [2.75, 3.05) is 6.61 Å². The lowest BCUT2D eigenvalue weighted by atomic mass is 9.78. The molecule has 0 aromatic heterocycles. The average molecular weight is 387 g/mol. The highest BCUT2D eigenvalue weighted by atomic mass is 19.4. The van der Waals surface area contributed by atoms with Crippen LogP contribution in [0.5, 0.6) is 5.75 Å². The summed E-state index contributed by atoms with van der Waals surface area (Å²) >= 11 is 0. The van der Waals surface area contributed by atoms with E-state index >= 15 is 0 Å². The van der Waals surface area contributed by atoms with E-state index in [0.717, 1.165) is 6.07 Å². The molecule has 0 atom stereocenters. The molecule has 1 amide bonds. The van der Waals surface area contributed by atoms with Crippen molar-refractivity contribution in [1.82, 2.24) is 5.32 Å². The number of hydrogen-bond donors (Lipinski definition) is 1. The maximum atomic E-state index is 13.5. The second-order valence-electron chi connectivity index (χ2n) is 7.85. The second-order valence-corrected chi connectivity index (χ2v) is 7.85. The van der Waals surface area contributed by atoms with Gasteiger partial charge in [0.2, 0.25) is 0 Å². The molecule has 1 aromatic carbocycles. The van der Waals surface area contributed by atoms with E-state index in [4.69, 9.17) is 14.0 Å². The molecule has 1 aromatic rings. The Morgan fingerprint density at radius 1 is 1.19 bits per heavy atom. The smallest absolute Gasteiger partial charge is 0.483 e. The zero-order valence-electron chi connectivity index (χ0n) is 16.4. The summed E-state index contributed by atoms with van der Waals surface area (Å²) in [5.74, 6) is -0.908. The number of rotatable bonds is 5. The highest BCUT2D eigenvalue weighted by Gasteiger charge is 2.52. The number of carbonyl (C=O) groups excluding carboxylic acids is 1. The van der Waals surface area contributed by atoms with Crippen LogP contribution in [0.3, 0.4) is 0 Å². The molecule has 0 bridgehead atoms. The number of alkyl halides is 3. The Labute approximate surface area is 157 Å². The summed E-state index contributed by atoms with van der Waals surface area (Å²) in [6, 6.07) is 3.45. The number of halogens is 3. The van der Waals surface area contributed by atoms with Crippen molar-refractivity contribution in [2.24, 2.45) is 0 Å². The lowest BCUT2D eigenvalue weighted by molar-refractivity contribution is -0.139. The van der Waals surface area contributed by atoms with Crippen molar-refractivity contribution in [2.45, 2.75) is 65.0 Å². The molecule has 27 heavy (non-hydrogen) atoms. The summed E-state index contributed by atoms with van der Waals surface area (Å²) in [5.41, 5.74) is -2.08. The monoisotopic (exact) mass is 387 g/mol. The minimum absolute atomic E-state index is 0.131. The van der Waals surface area contributed by atoms with Gasteiger partial charge in [-0.25, -0.2) is 0 Å². The fraction of sp³-hybridized carbons (Fsp3) is 0.611. The van der Waals surface area contributed by atoms with Crippen LogP contribution in [-0.4, -0.2) is 36.9 Å². The quantitative estimate of drug-likeness (QED) is 0.790. The molecule has 2 rings (SSSR count). The predicted octanol–water partition coefficient (Wildman–Crippen LogP) is 2.91. The molecule has 1 heterocycles. The van der Waals surface area contributed by atoms with Gasteiger partial charge in [0, 0.05) is 6.04 Å². The van der Waals surface area contributed by atoms with Gasteiger partial charge >= 0.3 is 13.3 Å². The molecular formula is C18H25BF3NO4. The first-order valence-electron chi connectivity index (χ1n) is 8.72. The van der Waals surface area contributed by atoms with E-state index < -0.39 is 48.3 Å².